The highest BCUT2D eigenvalue weighted by atomic mass is 32.2. The van der Waals surface area contributed by atoms with Gasteiger partial charge in [-0.15, -0.1) is 0 Å². The zero-order valence-corrected chi connectivity index (χ0v) is 25.2. The Kier molecular flexibility index (Phi) is 9.06. The predicted molar refractivity (Wildman–Crippen MR) is 160 cm³/mol. The number of anilines is 1. The Morgan fingerprint density at radius 3 is 2.27 bits per heavy atom. The van der Waals surface area contributed by atoms with Gasteiger partial charge in [0.1, 0.15) is 6.10 Å². The summed E-state index contributed by atoms with van der Waals surface area (Å²) in [6.07, 6.45) is 5.37. The Labute approximate surface area is 245 Å². The molecule has 5 rings (SSSR count). The van der Waals surface area contributed by atoms with Gasteiger partial charge in [0, 0.05) is 44.6 Å². The van der Waals surface area contributed by atoms with Crippen molar-refractivity contribution in [3.8, 4) is 6.07 Å². The van der Waals surface area contributed by atoms with E-state index in [1.165, 1.54) is 6.92 Å². The summed E-state index contributed by atoms with van der Waals surface area (Å²) < 4.78 is 30.7. The van der Waals surface area contributed by atoms with Crippen LogP contribution in [0.5, 0.6) is 0 Å². The van der Waals surface area contributed by atoms with Crippen LogP contribution in [0.15, 0.2) is 59.5 Å². The molecule has 3 fully saturated rings. The molecule has 0 bridgehead atoms. The summed E-state index contributed by atoms with van der Waals surface area (Å²) in [5, 5.41) is 10.5. The number of esters is 1. The monoisotopic (exact) mass is 577 g/mol. The Balaban J connectivity index is 1.17. The smallest absolute Gasteiger partial charge is 0.302 e. The second-order valence-corrected chi connectivity index (χ2v) is 14.5. The van der Waals surface area contributed by atoms with Crippen LogP contribution in [0.3, 0.4) is 0 Å². The van der Waals surface area contributed by atoms with Crippen LogP contribution >= 0.6 is 0 Å². The topological polar surface area (TPSA) is 90.7 Å². The molecule has 1 aliphatic carbocycles. The van der Waals surface area contributed by atoms with Gasteiger partial charge in [-0.05, 0) is 80.9 Å². The lowest BCUT2D eigenvalue weighted by Crippen LogP contribution is -2.53. The first-order chi connectivity index (χ1) is 19.7. The molecule has 2 aromatic rings. The molecule has 0 aromatic heterocycles. The van der Waals surface area contributed by atoms with Crippen molar-refractivity contribution in [2.75, 3.05) is 37.6 Å². The molecule has 0 amide bonds. The van der Waals surface area contributed by atoms with Gasteiger partial charge in [-0.2, -0.15) is 5.26 Å². The molecule has 2 heterocycles. The highest BCUT2D eigenvalue weighted by molar-refractivity contribution is 7.92. The number of carbonyl (C=O) groups is 1. The van der Waals surface area contributed by atoms with Crippen molar-refractivity contribution in [1.29, 1.82) is 5.26 Å². The molecule has 2 saturated heterocycles. The maximum atomic E-state index is 12.5. The number of piperidine rings is 1. The van der Waals surface area contributed by atoms with Gasteiger partial charge in [-0.25, -0.2) is 8.42 Å². The fourth-order valence-electron chi connectivity index (χ4n) is 6.86. The van der Waals surface area contributed by atoms with Gasteiger partial charge < -0.3 is 14.5 Å². The minimum atomic E-state index is -3.14. The summed E-state index contributed by atoms with van der Waals surface area (Å²) in [5.41, 5.74) is 1.43. The lowest BCUT2D eigenvalue weighted by Gasteiger charge is -2.46. The molecular formula is C33H43N3O4S. The molecule has 0 spiro atoms. The van der Waals surface area contributed by atoms with E-state index >= 15 is 0 Å². The van der Waals surface area contributed by atoms with E-state index in [0.29, 0.717) is 17.2 Å². The SMILES string of the molecule is CCC[C@H](CC(C#N)(c1ccccc1)C1CCN(CC2CN(c3ccc(S(=O)(=O)C4CC4)cc3)C2)CC1)OC(C)=O. The number of carbonyl (C=O) groups excluding carboxylic acids is 1. The lowest BCUT2D eigenvalue weighted by atomic mass is 9.64. The second kappa shape index (κ2) is 12.5. The largest absolute Gasteiger partial charge is 0.462 e. The number of likely N-dealkylation sites (tertiary alicyclic amines) is 1. The van der Waals surface area contributed by atoms with Gasteiger partial charge >= 0.3 is 5.97 Å². The first kappa shape index (κ1) is 29.6. The molecular weight excluding hydrogens is 534 g/mol. The fraction of sp³-hybridized carbons (Fsp3) is 0.576. The number of nitrogens with zero attached hydrogens (tertiary/aromatic N) is 3. The fourth-order valence-corrected chi connectivity index (χ4v) is 8.52. The first-order valence-corrected chi connectivity index (χ1v) is 16.7. The van der Waals surface area contributed by atoms with Gasteiger partial charge in [-0.3, -0.25) is 4.79 Å². The van der Waals surface area contributed by atoms with E-state index in [0.717, 1.165) is 82.5 Å². The van der Waals surface area contributed by atoms with Crippen molar-refractivity contribution in [3.05, 3.63) is 60.2 Å². The number of nitriles is 1. The molecule has 2 aliphatic heterocycles. The van der Waals surface area contributed by atoms with E-state index in [2.05, 4.69) is 34.9 Å². The molecule has 0 N–H and O–H groups in total. The van der Waals surface area contributed by atoms with Gasteiger partial charge in [-0.1, -0.05) is 43.7 Å². The zero-order chi connectivity index (χ0) is 29.0. The summed E-state index contributed by atoms with van der Waals surface area (Å²) in [4.78, 5) is 17.2. The lowest BCUT2D eigenvalue weighted by molar-refractivity contribution is -0.147. The summed E-state index contributed by atoms with van der Waals surface area (Å²) in [5.74, 6) is 0.491. The third kappa shape index (κ3) is 6.62. The zero-order valence-electron chi connectivity index (χ0n) is 24.4. The van der Waals surface area contributed by atoms with Crippen LogP contribution in [-0.2, 0) is 24.8 Å². The molecule has 3 aliphatic rings. The average Bonchev–Trinajstić information content (AvgIpc) is 3.81. The van der Waals surface area contributed by atoms with E-state index in [1.54, 1.807) is 12.1 Å². The third-order valence-electron chi connectivity index (χ3n) is 9.23. The number of benzene rings is 2. The summed E-state index contributed by atoms with van der Waals surface area (Å²) in [6.45, 7) is 8.43. The second-order valence-electron chi connectivity index (χ2n) is 12.3. The van der Waals surface area contributed by atoms with Gasteiger partial charge in [0.2, 0.25) is 0 Å². The first-order valence-electron chi connectivity index (χ1n) is 15.2. The normalized spacial score (nSPS) is 21.0. The molecule has 41 heavy (non-hydrogen) atoms. The van der Waals surface area contributed by atoms with Crippen LogP contribution in [0.2, 0.25) is 0 Å². The molecule has 2 atom stereocenters. The molecule has 2 aromatic carbocycles. The Hall–Kier alpha value is -2.89. The minimum Gasteiger partial charge on any atom is -0.462 e. The van der Waals surface area contributed by atoms with Crippen LogP contribution in [-0.4, -0.2) is 63.4 Å². The van der Waals surface area contributed by atoms with E-state index in [-0.39, 0.29) is 23.2 Å². The van der Waals surface area contributed by atoms with E-state index in [1.807, 2.05) is 30.3 Å². The van der Waals surface area contributed by atoms with Crippen molar-refractivity contribution in [2.45, 2.75) is 80.5 Å². The van der Waals surface area contributed by atoms with Crippen molar-refractivity contribution < 1.29 is 17.9 Å². The van der Waals surface area contributed by atoms with Crippen LogP contribution in [0, 0.1) is 23.2 Å². The minimum absolute atomic E-state index is 0.177. The number of rotatable bonds is 12. The summed E-state index contributed by atoms with van der Waals surface area (Å²) in [6, 6.07) is 20.3. The summed E-state index contributed by atoms with van der Waals surface area (Å²) >= 11 is 0. The summed E-state index contributed by atoms with van der Waals surface area (Å²) in [7, 11) is -3.14. The van der Waals surface area contributed by atoms with Crippen LogP contribution in [0.25, 0.3) is 0 Å². The van der Waals surface area contributed by atoms with Gasteiger partial charge in [0.15, 0.2) is 9.84 Å². The molecule has 8 heteroatoms. The van der Waals surface area contributed by atoms with Crippen LogP contribution < -0.4 is 4.90 Å². The molecule has 7 nitrogen and oxygen atoms in total. The number of hydrogen-bond donors (Lipinski definition) is 0. The highest BCUT2D eigenvalue weighted by Gasteiger charge is 2.45. The van der Waals surface area contributed by atoms with Crippen molar-refractivity contribution in [1.82, 2.24) is 4.90 Å². The van der Waals surface area contributed by atoms with Crippen molar-refractivity contribution in [2.24, 2.45) is 11.8 Å². The molecule has 220 valence electrons. The van der Waals surface area contributed by atoms with E-state index < -0.39 is 15.3 Å². The standard InChI is InChI=1S/C33H43N3O4S/c1-3-7-30(40-25(2)37)20-33(24-34,27-8-5-4-6-9-27)28-16-18-35(19-17-28)21-26-22-36(23-26)29-10-12-31(13-11-29)41(38,39)32-14-15-32/h4-6,8-13,26,28,30,32H,3,7,14-23H2,1-2H3/t30-,33?/m1/s1. The average molecular weight is 578 g/mol. The number of hydrogen-bond acceptors (Lipinski definition) is 7. The highest BCUT2D eigenvalue weighted by Crippen LogP contribution is 2.43. The molecule has 1 saturated carbocycles. The Bertz CT molecular complexity index is 1320. The maximum Gasteiger partial charge on any atom is 0.302 e. The van der Waals surface area contributed by atoms with Gasteiger partial charge in [0.05, 0.1) is 21.6 Å². The number of ether oxygens (including phenoxy) is 1. The van der Waals surface area contributed by atoms with Gasteiger partial charge in [0.25, 0.3) is 0 Å². The number of sulfone groups is 1. The van der Waals surface area contributed by atoms with E-state index in [9.17, 15) is 18.5 Å². The Morgan fingerprint density at radius 1 is 1.05 bits per heavy atom. The van der Waals surface area contributed by atoms with Crippen LogP contribution in [0.1, 0.15) is 64.4 Å². The third-order valence-corrected chi connectivity index (χ3v) is 11.5. The Morgan fingerprint density at radius 2 is 1.71 bits per heavy atom. The van der Waals surface area contributed by atoms with E-state index in [4.69, 9.17) is 4.74 Å². The quantitative estimate of drug-likeness (QED) is 0.314. The van der Waals surface area contributed by atoms with Crippen molar-refractivity contribution in [3.63, 3.8) is 0 Å². The molecule has 1 unspecified atom stereocenters. The molecule has 0 radical (unpaired) electrons. The van der Waals surface area contributed by atoms with Crippen molar-refractivity contribution >= 4 is 21.5 Å². The maximum absolute atomic E-state index is 12.5. The van der Waals surface area contributed by atoms with Crippen LogP contribution in [0.4, 0.5) is 5.69 Å². The predicted octanol–water partition coefficient (Wildman–Crippen LogP) is 5.35.